The van der Waals surface area contributed by atoms with Gasteiger partial charge in [0.05, 0.1) is 5.69 Å². The number of nitrogens with zero attached hydrogens (tertiary/aromatic N) is 2. The van der Waals surface area contributed by atoms with E-state index in [4.69, 9.17) is 17.3 Å². The summed E-state index contributed by atoms with van der Waals surface area (Å²) < 4.78 is 1.67. The second-order valence-electron chi connectivity index (χ2n) is 4.08. The Hall–Kier alpha value is -1.07. The van der Waals surface area contributed by atoms with Crippen LogP contribution in [0.1, 0.15) is 30.5 Å². The van der Waals surface area contributed by atoms with Crippen molar-refractivity contribution in [1.82, 2.24) is 15.1 Å². The SMILES string of the molecule is Cc1nn(C)c(Cl)c1CNCCCCC(N)=O. The molecule has 0 atom stereocenters. The Labute approximate surface area is 106 Å². The number of unbranched alkanes of at least 4 members (excludes halogenated alkanes) is 1. The zero-order valence-corrected chi connectivity index (χ0v) is 11.0. The molecule has 0 bridgehead atoms. The molecule has 1 rings (SSSR count). The predicted molar refractivity (Wildman–Crippen MR) is 67.7 cm³/mol. The van der Waals surface area contributed by atoms with Crippen LogP contribution in [0, 0.1) is 6.92 Å². The van der Waals surface area contributed by atoms with Gasteiger partial charge in [0.2, 0.25) is 5.91 Å². The Balaban J connectivity index is 2.24. The van der Waals surface area contributed by atoms with Gasteiger partial charge in [0.15, 0.2) is 0 Å². The van der Waals surface area contributed by atoms with Gasteiger partial charge >= 0.3 is 0 Å². The van der Waals surface area contributed by atoms with E-state index in [1.807, 2.05) is 14.0 Å². The molecular formula is C11H19ClN4O. The summed E-state index contributed by atoms with van der Waals surface area (Å²) >= 11 is 6.09. The van der Waals surface area contributed by atoms with Gasteiger partial charge in [-0.25, -0.2) is 0 Å². The number of carbonyl (C=O) groups excluding carboxylic acids is 1. The van der Waals surface area contributed by atoms with Crippen LogP contribution in [-0.2, 0) is 18.4 Å². The average molecular weight is 259 g/mol. The summed E-state index contributed by atoms with van der Waals surface area (Å²) in [7, 11) is 1.83. The summed E-state index contributed by atoms with van der Waals surface area (Å²) in [6.07, 6.45) is 2.20. The van der Waals surface area contributed by atoms with Crippen LogP contribution < -0.4 is 11.1 Å². The number of carbonyl (C=O) groups is 1. The number of nitrogens with one attached hydrogen (secondary N) is 1. The molecule has 1 heterocycles. The number of hydrogen-bond acceptors (Lipinski definition) is 3. The second kappa shape index (κ2) is 6.61. The number of amides is 1. The van der Waals surface area contributed by atoms with Gasteiger partial charge < -0.3 is 11.1 Å². The lowest BCUT2D eigenvalue weighted by atomic mass is 10.2. The molecular weight excluding hydrogens is 240 g/mol. The first kappa shape index (κ1) is 14.0. The lowest BCUT2D eigenvalue weighted by molar-refractivity contribution is -0.118. The smallest absolute Gasteiger partial charge is 0.217 e. The minimum absolute atomic E-state index is 0.240. The van der Waals surface area contributed by atoms with E-state index in [0.29, 0.717) is 18.1 Å². The van der Waals surface area contributed by atoms with Crippen molar-refractivity contribution >= 4 is 17.5 Å². The van der Waals surface area contributed by atoms with Crippen LogP contribution in [0.2, 0.25) is 5.15 Å². The highest BCUT2D eigenvalue weighted by atomic mass is 35.5. The average Bonchev–Trinajstić information content (AvgIpc) is 2.48. The number of aryl methyl sites for hydroxylation is 2. The molecule has 0 aromatic carbocycles. The third kappa shape index (κ3) is 4.36. The summed E-state index contributed by atoms with van der Waals surface area (Å²) in [6, 6.07) is 0. The fourth-order valence-corrected chi connectivity index (χ4v) is 1.88. The predicted octanol–water partition coefficient (Wildman–Crippen LogP) is 1.13. The van der Waals surface area contributed by atoms with Crippen LogP contribution in [0.25, 0.3) is 0 Å². The lowest BCUT2D eigenvalue weighted by Crippen LogP contribution is -2.16. The number of primary amides is 1. The quantitative estimate of drug-likeness (QED) is 0.720. The maximum Gasteiger partial charge on any atom is 0.217 e. The Morgan fingerprint density at radius 1 is 1.53 bits per heavy atom. The first-order valence-electron chi connectivity index (χ1n) is 5.69. The molecule has 6 heteroatoms. The topological polar surface area (TPSA) is 72.9 Å². The number of halogens is 1. The molecule has 17 heavy (non-hydrogen) atoms. The maximum absolute atomic E-state index is 10.5. The molecule has 1 amide bonds. The molecule has 96 valence electrons. The Morgan fingerprint density at radius 3 is 2.76 bits per heavy atom. The zero-order valence-electron chi connectivity index (χ0n) is 10.3. The molecule has 0 saturated heterocycles. The molecule has 3 N–H and O–H groups in total. The summed E-state index contributed by atoms with van der Waals surface area (Å²) in [5.74, 6) is -0.240. The minimum Gasteiger partial charge on any atom is -0.370 e. The van der Waals surface area contributed by atoms with Crippen LogP contribution in [0.3, 0.4) is 0 Å². The minimum atomic E-state index is -0.240. The van der Waals surface area contributed by atoms with Crippen LogP contribution in [0.4, 0.5) is 0 Å². The molecule has 0 saturated carbocycles. The van der Waals surface area contributed by atoms with Gasteiger partial charge in [-0.05, 0) is 26.3 Å². The normalized spacial score (nSPS) is 10.8. The van der Waals surface area contributed by atoms with E-state index in [1.165, 1.54) is 0 Å². The molecule has 5 nitrogen and oxygen atoms in total. The highest BCUT2D eigenvalue weighted by Crippen LogP contribution is 2.17. The molecule has 0 aliphatic heterocycles. The fraction of sp³-hybridized carbons (Fsp3) is 0.636. The van der Waals surface area contributed by atoms with Crippen molar-refractivity contribution in [2.45, 2.75) is 32.7 Å². The number of rotatable bonds is 7. The van der Waals surface area contributed by atoms with E-state index < -0.39 is 0 Å². The molecule has 0 aliphatic rings. The number of hydrogen-bond donors (Lipinski definition) is 2. The van der Waals surface area contributed by atoms with Crippen molar-refractivity contribution in [3.05, 3.63) is 16.4 Å². The van der Waals surface area contributed by atoms with Crippen LogP contribution in [0.15, 0.2) is 0 Å². The molecule has 1 aromatic heterocycles. The van der Waals surface area contributed by atoms with Crippen molar-refractivity contribution in [3.63, 3.8) is 0 Å². The molecule has 1 aromatic rings. The summed E-state index contributed by atoms with van der Waals surface area (Å²) in [5, 5.41) is 8.19. The van der Waals surface area contributed by atoms with Gasteiger partial charge in [-0.3, -0.25) is 9.48 Å². The molecule has 0 radical (unpaired) electrons. The van der Waals surface area contributed by atoms with Gasteiger partial charge in [-0.1, -0.05) is 11.6 Å². The van der Waals surface area contributed by atoms with Crippen LogP contribution >= 0.6 is 11.6 Å². The van der Waals surface area contributed by atoms with E-state index >= 15 is 0 Å². The monoisotopic (exact) mass is 258 g/mol. The largest absolute Gasteiger partial charge is 0.370 e. The highest BCUT2D eigenvalue weighted by Gasteiger charge is 2.09. The summed E-state index contributed by atoms with van der Waals surface area (Å²) in [5.41, 5.74) is 7.03. The number of aromatic nitrogens is 2. The van der Waals surface area contributed by atoms with Crippen molar-refractivity contribution in [2.75, 3.05) is 6.54 Å². The van der Waals surface area contributed by atoms with E-state index in [1.54, 1.807) is 4.68 Å². The summed E-state index contributed by atoms with van der Waals surface area (Å²) in [4.78, 5) is 10.5. The third-order valence-electron chi connectivity index (χ3n) is 2.60. The fourth-order valence-electron chi connectivity index (χ4n) is 1.64. The van der Waals surface area contributed by atoms with E-state index in [2.05, 4.69) is 10.4 Å². The highest BCUT2D eigenvalue weighted by molar-refractivity contribution is 6.30. The zero-order chi connectivity index (χ0) is 12.8. The van der Waals surface area contributed by atoms with Gasteiger partial charge in [0.25, 0.3) is 0 Å². The van der Waals surface area contributed by atoms with E-state index in [-0.39, 0.29) is 5.91 Å². The van der Waals surface area contributed by atoms with Crippen molar-refractivity contribution in [1.29, 1.82) is 0 Å². The first-order chi connectivity index (χ1) is 8.02. The lowest BCUT2D eigenvalue weighted by Gasteiger charge is -2.04. The van der Waals surface area contributed by atoms with Gasteiger partial charge in [-0.2, -0.15) is 5.10 Å². The van der Waals surface area contributed by atoms with Crippen molar-refractivity contribution in [2.24, 2.45) is 12.8 Å². The third-order valence-corrected chi connectivity index (χ3v) is 3.07. The molecule has 0 spiro atoms. The molecule has 0 aliphatic carbocycles. The Morgan fingerprint density at radius 2 is 2.24 bits per heavy atom. The number of nitrogens with two attached hydrogens (primary N) is 1. The Bertz CT molecular complexity index is 389. The Kier molecular flexibility index (Phi) is 5.44. The first-order valence-corrected chi connectivity index (χ1v) is 6.07. The van der Waals surface area contributed by atoms with Gasteiger partial charge in [-0.15, -0.1) is 0 Å². The van der Waals surface area contributed by atoms with Gasteiger partial charge in [0.1, 0.15) is 5.15 Å². The summed E-state index contributed by atoms with van der Waals surface area (Å²) in [6.45, 7) is 3.49. The van der Waals surface area contributed by atoms with Crippen molar-refractivity contribution < 1.29 is 4.79 Å². The van der Waals surface area contributed by atoms with Gasteiger partial charge in [0, 0.05) is 25.6 Å². The molecule has 0 fully saturated rings. The standard InChI is InChI=1S/C11H19ClN4O/c1-8-9(11(12)16(2)15-8)7-14-6-4-3-5-10(13)17/h14H,3-7H2,1-2H3,(H2,13,17). The second-order valence-corrected chi connectivity index (χ2v) is 4.44. The maximum atomic E-state index is 10.5. The van der Waals surface area contributed by atoms with E-state index in [0.717, 1.165) is 30.6 Å². The molecule has 0 unspecified atom stereocenters. The van der Waals surface area contributed by atoms with Crippen LogP contribution in [-0.4, -0.2) is 22.2 Å². The van der Waals surface area contributed by atoms with E-state index in [9.17, 15) is 4.79 Å². The van der Waals surface area contributed by atoms with Crippen molar-refractivity contribution in [3.8, 4) is 0 Å². The van der Waals surface area contributed by atoms with Crippen LogP contribution in [0.5, 0.6) is 0 Å².